The number of benzene rings is 3. The van der Waals surface area contributed by atoms with E-state index in [2.05, 4.69) is 46.0 Å². The van der Waals surface area contributed by atoms with Crippen molar-refractivity contribution in [3.63, 3.8) is 0 Å². The number of methoxy groups -OCH3 is 1. The number of hydrogen-bond acceptors (Lipinski definition) is 7. The maximum absolute atomic E-state index is 15.0. The summed E-state index contributed by atoms with van der Waals surface area (Å²) in [5.41, 5.74) is 4.58. The largest absolute Gasteiger partial charge is 0.484 e. The van der Waals surface area contributed by atoms with Gasteiger partial charge in [-0.3, -0.25) is 14.4 Å². The van der Waals surface area contributed by atoms with E-state index in [0.717, 1.165) is 59.0 Å². The average Bonchev–Trinajstić information content (AvgIpc) is 3.96. The molecule has 57 heavy (non-hydrogen) atoms. The van der Waals surface area contributed by atoms with Crippen LogP contribution in [0, 0.1) is 11.8 Å². The number of amides is 3. The minimum Gasteiger partial charge on any atom is -0.484 e. The van der Waals surface area contributed by atoms with Crippen molar-refractivity contribution in [2.45, 2.75) is 77.1 Å². The zero-order valence-electron chi connectivity index (χ0n) is 33.4. The number of likely N-dealkylation sites (tertiary alicyclic amines) is 2. The quantitative estimate of drug-likeness (QED) is 0.139. The van der Waals surface area contributed by atoms with Gasteiger partial charge in [-0.05, 0) is 92.8 Å². The van der Waals surface area contributed by atoms with Gasteiger partial charge in [0, 0.05) is 76.1 Å². The van der Waals surface area contributed by atoms with Crippen LogP contribution in [0.2, 0.25) is 0 Å². The Morgan fingerprint density at radius 2 is 1.63 bits per heavy atom. The third-order valence-corrected chi connectivity index (χ3v) is 11.3. The van der Waals surface area contributed by atoms with Crippen molar-refractivity contribution >= 4 is 34.8 Å². The highest BCUT2D eigenvalue weighted by Gasteiger charge is 2.43. The van der Waals surface area contributed by atoms with Crippen molar-refractivity contribution in [2.75, 3.05) is 46.5 Å². The van der Waals surface area contributed by atoms with Gasteiger partial charge in [0.1, 0.15) is 11.4 Å². The van der Waals surface area contributed by atoms with E-state index in [1.807, 2.05) is 63.2 Å². The molecule has 3 fully saturated rings. The minimum absolute atomic E-state index is 0.0603. The van der Waals surface area contributed by atoms with Crippen molar-refractivity contribution in [3.8, 4) is 16.9 Å². The molecule has 3 aliphatic rings. The number of para-hydroxylation sites is 1. The number of rotatable bonds is 14. The number of carboxylic acids is 1. The van der Waals surface area contributed by atoms with Gasteiger partial charge in [0.15, 0.2) is 6.61 Å². The molecule has 0 unspecified atom stereocenters. The first-order chi connectivity index (χ1) is 27.4. The van der Waals surface area contributed by atoms with Crippen LogP contribution >= 0.6 is 0 Å². The molecule has 1 aromatic heterocycles. The molecule has 0 radical (unpaired) electrons. The van der Waals surface area contributed by atoms with Crippen LogP contribution in [-0.2, 0) is 36.9 Å². The van der Waals surface area contributed by atoms with Crippen LogP contribution in [-0.4, -0.2) is 106 Å². The number of aromatic nitrogens is 1. The van der Waals surface area contributed by atoms with Gasteiger partial charge in [-0.25, -0.2) is 4.79 Å². The van der Waals surface area contributed by atoms with Crippen LogP contribution in [0.5, 0.6) is 5.75 Å². The molecule has 2 atom stereocenters. The molecule has 2 saturated heterocycles. The molecule has 3 heterocycles. The minimum atomic E-state index is -0.890. The summed E-state index contributed by atoms with van der Waals surface area (Å²) in [6.07, 6.45) is 5.20. The molecule has 12 nitrogen and oxygen atoms in total. The molecule has 1 N–H and O–H groups in total. The van der Waals surface area contributed by atoms with E-state index >= 15 is 4.79 Å². The van der Waals surface area contributed by atoms with Gasteiger partial charge in [-0.2, -0.15) is 0 Å². The molecule has 0 spiro atoms. The van der Waals surface area contributed by atoms with Crippen LogP contribution in [0.15, 0.2) is 79.0 Å². The maximum atomic E-state index is 15.0. The van der Waals surface area contributed by atoms with Crippen LogP contribution in [0.25, 0.3) is 22.0 Å². The zero-order chi connectivity index (χ0) is 40.3. The predicted molar refractivity (Wildman–Crippen MR) is 216 cm³/mol. The Balaban J connectivity index is 1.11. The monoisotopic (exact) mass is 778 g/mol. The van der Waals surface area contributed by atoms with Crippen LogP contribution in [0.1, 0.15) is 63.5 Å². The standard InChI is InChI=1S/C45H54N4O8/c1-45(2,3)57-44(54)47-21-19-37(32-10-7-9-31(23-32)30-13-17-36(18-14-30)56-29-41(50)48-25-34(26-48)43(52)53)39(28-47)42(51)49(35-15-16-35)27-33-24-46(20-8-22-55-4)40-12-6-5-11-38(33)40/h5-7,9-14,17-18,23-24,34-35,37,39H,8,15-16,19-22,25-29H2,1-4H3,(H,52,53)/t37-,39+/m1/s1. The molecule has 7 rings (SSSR count). The highest BCUT2D eigenvalue weighted by Crippen LogP contribution is 2.40. The van der Waals surface area contributed by atoms with Crippen LogP contribution < -0.4 is 4.74 Å². The van der Waals surface area contributed by atoms with Gasteiger partial charge in [0.25, 0.3) is 5.91 Å². The average molecular weight is 779 g/mol. The Hall–Kier alpha value is -5.36. The number of aryl methyl sites for hydroxylation is 1. The molecule has 4 aromatic rings. The van der Waals surface area contributed by atoms with E-state index in [9.17, 15) is 14.4 Å². The summed E-state index contributed by atoms with van der Waals surface area (Å²) in [6, 6.07) is 24.3. The summed E-state index contributed by atoms with van der Waals surface area (Å²) in [6.45, 7) is 8.56. The Labute approximate surface area is 334 Å². The topological polar surface area (TPSA) is 131 Å². The third-order valence-electron chi connectivity index (χ3n) is 11.3. The van der Waals surface area contributed by atoms with E-state index in [-0.39, 0.29) is 50.0 Å². The summed E-state index contributed by atoms with van der Waals surface area (Å²) < 4.78 is 19.1. The van der Waals surface area contributed by atoms with E-state index < -0.39 is 29.5 Å². The SMILES string of the molecule is COCCCn1cc(CN(C(=O)[C@H]2CN(C(=O)OC(C)(C)C)CC[C@@H]2c2cccc(-c3ccc(OCC(=O)N4CC(C(=O)O)C4)cc3)c2)C2CC2)c2ccccc21. The fourth-order valence-corrected chi connectivity index (χ4v) is 8.04. The van der Waals surface area contributed by atoms with Gasteiger partial charge in [-0.1, -0.05) is 54.6 Å². The lowest BCUT2D eigenvalue weighted by Crippen LogP contribution is -2.54. The van der Waals surface area contributed by atoms with Crippen molar-refractivity contribution in [1.29, 1.82) is 0 Å². The summed E-state index contributed by atoms with van der Waals surface area (Å²) >= 11 is 0. The zero-order valence-corrected chi connectivity index (χ0v) is 33.4. The van der Waals surface area contributed by atoms with E-state index in [1.165, 1.54) is 4.90 Å². The van der Waals surface area contributed by atoms with Gasteiger partial charge in [0.2, 0.25) is 5.91 Å². The highest BCUT2D eigenvalue weighted by molar-refractivity contribution is 5.86. The number of carbonyl (C=O) groups excluding carboxylic acids is 3. The summed E-state index contributed by atoms with van der Waals surface area (Å²) in [5, 5.41) is 10.2. The lowest BCUT2D eigenvalue weighted by molar-refractivity contribution is -0.153. The highest BCUT2D eigenvalue weighted by atomic mass is 16.6. The van der Waals surface area contributed by atoms with Crippen molar-refractivity contribution in [1.82, 2.24) is 19.3 Å². The second-order valence-corrected chi connectivity index (χ2v) is 16.6. The Bertz CT molecular complexity index is 2080. The molecule has 12 heteroatoms. The lowest BCUT2D eigenvalue weighted by Gasteiger charge is -2.40. The normalized spacial score (nSPS) is 18.6. The molecule has 0 bridgehead atoms. The number of carbonyl (C=O) groups is 4. The molecular weight excluding hydrogens is 725 g/mol. The fraction of sp³-hybridized carbons (Fsp3) is 0.467. The number of ether oxygens (including phenoxy) is 3. The van der Waals surface area contributed by atoms with Gasteiger partial charge < -0.3 is 38.6 Å². The summed E-state index contributed by atoms with van der Waals surface area (Å²) in [7, 11) is 1.72. The number of hydrogen-bond donors (Lipinski definition) is 1. The molecule has 1 aliphatic carbocycles. The fourth-order valence-electron chi connectivity index (χ4n) is 8.04. The second-order valence-electron chi connectivity index (χ2n) is 16.6. The first-order valence-corrected chi connectivity index (χ1v) is 20.1. The molecule has 1 saturated carbocycles. The summed E-state index contributed by atoms with van der Waals surface area (Å²) in [4.78, 5) is 57.3. The van der Waals surface area contributed by atoms with E-state index in [4.69, 9.17) is 19.3 Å². The molecule has 3 amide bonds. The Morgan fingerprint density at radius 1 is 0.877 bits per heavy atom. The molecular formula is C45H54N4O8. The molecule has 2 aliphatic heterocycles. The summed E-state index contributed by atoms with van der Waals surface area (Å²) in [5.74, 6) is -1.63. The number of piperidine rings is 1. The molecule has 302 valence electrons. The lowest BCUT2D eigenvalue weighted by atomic mass is 9.79. The second kappa shape index (κ2) is 17.0. The van der Waals surface area contributed by atoms with E-state index in [0.29, 0.717) is 31.9 Å². The van der Waals surface area contributed by atoms with Crippen LogP contribution in [0.4, 0.5) is 4.79 Å². The predicted octanol–water partition coefficient (Wildman–Crippen LogP) is 6.80. The first kappa shape index (κ1) is 39.9. The molecule has 3 aromatic carbocycles. The smallest absolute Gasteiger partial charge is 0.410 e. The van der Waals surface area contributed by atoms with Crippen molar-refractivity contribution < 1.29 is 38.5 Å². The Kier molecular flexibility index (Phi) is 11.9. The first-order valence-electron chi connectivity index (χ1n) is 20.1. The number of carboxylic acid groups (broad SMARTS) is 1. The van der Waals surface area contributed by atoms with Crippen LogP contribution in [0.3, 0.4) is 0 Å². The third kappa shape index (κ3) is 9.44. The van der Waals surface area contributed by atoms with Crippen molar-refractivity contribution in [2.24, 2.45) is 11.8 Å². The van der Waals surface area contributed by atoms with E-state index in [1.54, 1.807) is 12.0 Å². The number of nitrogens with zero attached hydrogens (tertiary/aromatic N) is 4. The number of aliphatic carboxylic acids is 1. The van der Waals surface area contributed by atoms with Gasteiger partial charge >= 0.3 is 12.1 Å². The van der Waals surface area contributed by atoms with Gasteiger partial charge in [-0.15, -0.1) is 0 Å². The Morgan fingerprint density at radius 3 is 2.33 bits per heavy atom. The maximum Gasteiger partial charge on any atom is 0.410 e. The number of fused-ring (bicyclic) bond motifs is 1. The van der Waals surface area contributed by atoms with Gasteiger partial charge in [0.05, 0.1) is 11.8 Å². The van der Waals surface area contributed by atoms with Crippen molar-refractivity contribution in [3.05, 3.63) is 90.1 Å².